The maximum absolute atomic E-state index is 12.3. The third-order valence-electron chi connectivity index (χ3n) is 4.26. The standard InChI is InChI=1S/C19H22N4O2S/c1-10(2)19-23-15-7-5-13(9-16(15)26-19)22-17(24)8-6-14-11(3)20-12(4)21-18(14)25/h5,7,9-10,14H,6,8H2,1-4H3,(H,22,24). The summed E-state index contributed by atoms with van der Waals surface area (Å²) in [6.45, 7) is 7.74. The Balaban J connectivity index is 1.62. The Labute approximate surface area is 156 Å². The summed E-state index contributed by atoms with van der Waals surface area (Å²) in [4.78, 5) is 37.0. The number of aliphatic imine (C=N–C) groups is 2. The van der Waals surface area contributed by atoms with E-state index in [4.69, 9.17) is 0 Å². The second kappa shape index (κ2) is 7.45. The molecule has 1 atom stereocenters. The molecule has 0 saturated carbocycles. The molecule has 6 nitrogen and oxygen atoms in total. The molecule has 1 aromatic carbocycles. The number of amidine groups is 1. The molecule has 0 radical (unpaired) electrons. The van der Waals surface area contributed by atoms with E-state index in [-0.39, 0.29) is 18.2 Å². The molecule has 3 rings (SSSR count). The van der Waals surface area contributed by atoms with Crippen molar-refractivity contribution in [3.63, 3.8) is 0 Å². The predicted molar refractivity (Wildman–Crippen MR) is 106 cm³/mol. The highest BCUT2D eigenvalue weighted by atomic mass is 32.1. The summed E-state index contributed by atoms with van der Waals surface area (Å²) < 4.78 is 1.06. The summed E-state index contributed by atoms with van der Waals surface area (Å²) >= 11 is 1.65. The fraction of sp³-hybridized carbons (Fsp3) is 0.421. The monoisotopic (exact) mass is 370 g/mol. The fourth-order valence-electron chi connectivity index (χ4n) is 2.87. The zero-order chi connectivity index (χ0) is 18.8. The van der Waals surface area contributed by atoms with E-state index in [0.29, 0.717) is 18.2 Å². The topological polar surface area (TPSA) is 83.8 Å². The number of rotatable bonds is 5. The van der Waals surface area contributed by atoms with Crippen LogP contribution in [0.3, 0.4) is 0 Å². The molecule has 1 aliphatic rings. The van der Waals surface area contributed by atoms with Gasteiger partial charge in [-0.25, -0.2) is 9.98 Å². The molecule has 7 heteroatoms. The summed E-state index contributed by atoms with van der Waals surface area (Å²) in [6, 6.07) is 5.73. The van der Waals surface area contributed by atoms with Gasteiger partial charge in [0.25, 0.3) is 5.91 Å². The first-order valence-corrected chi connectivity index (χ1v) is 9.50. The minimum atomic E-state index is -0.401. The van der Waals surface area contributed by atoms with Gasteiger partial charge in [-0.15, -0.1) is 11.3 Å². The van der Waals surface area contributed by atoms with Crippen LogP contribution >= 0.6 is 11.3 Å². The summed E-state index contributed by atoms with van der Waals surface area (Å²) in [5.74, 6) is 0.128. The zero-order valence-electron chi connectivity index (χ0n) is 15.4. The van der Waals surface area contributed by atoms with Crippen LogP contribution in [0.4, 0.5) is 5.69 Å². The molecule has 0 aliphatic carbocycles. The van der Waals surface area contributed by atoms with E-state index in [9.17, 15) is 9.59 Å². The van der Waals surface area contributed by atoms with Crippen molar-refractivity contribution >= 4 is 50.6 Å². The van der Waals surface area contributed by atoms with Crippen molar-refractivity contribution in [1.29, 1.82) is 0 Å². The number of amides is 2. The maximum Gasteiger partial charge on any atom is 0.256 e. The first-order valence-electron chi connectivity index (χ1n) is 8.68. The lowest BCUT2D eigenvalue weighted by Crippen LogP contribution is -2.27. The number of thiazole rings is 1. The molecular formula is C19H22N4O2S. The molecule has 1 N–H and O–H groups in total. The number of hydrogen-bond donors (Lipinski definition) is 1. The Morgan fingerprint density at radius 3 is 2.73 bits per heavy atom. The first-order chi connectivity index (χ1) is 12.3. The summed E-state index contributed by atoms with van der Waals surface area (Å²) in [6.07, 6.45) is 0.660. The average Bonchev–Trinajstić information content (AvgIpc) is 2.97. The molecule has 1 unspecified atom stereocenters. The molecule has 136 valence electrons. The third kappa shape index (κ3) is 4.04. The highest BCUT2D eigenvalue weighted by Crippen LogP contribution is 2.29. The SMILES string of the molecule is CC1=NC(=O)C(CCC(=O)Nc2ccc3nc(C(C)C)sc3c2)C(C)=N1. The number of nitrogens with one attached hydrogen (secondary N) is 1. The van der Waals surface area contributed by atoms with Crippen LogP contribution in [0.1, 0.15) is 51.5 Å². The van der Waals surface area contributed by atoms with Crippen LogP contribution in [0, 0.1) is 5.92 Å². The number of anilines is 1. The minimum absolute atomic E-state index is 0.121. The van der Waals surface area contributed by atoms with Crippen LogP contribution in [0.2, 0.25) is 0 Å². The second-order valence-corrected chi connectivity index (χ2v) is 7.84. The highest BCUT2D eigenvalue weighted by molar-refractivity contribution is 7.18. The summed E-state index contributed by atoms with van der Waals surface area (Å²) in [5.41, 5.74) is 2.42. The van der Waals surface area contributed by atoms with E-state index in [1.54, 1.807) is 18.3 Å². The normalized spacial score (nSPS) is 17.4. The van der Waals surface area contributed by atoms with Crippen molar-refractivity contribution in [2.75, 3.05) is 5.32 Å². The Morgan fingerprint density at radius 1 is 1.27 bits per heavy atom. The Hall–Kier alpha value is -2.41. The van der Waals surface area contributed by atoms with Gasteiger partial charge in [0.2, 0.25) is 5.91 Å². The van der Waals surface area contributed by atoms with Crippen LogP contribution in [-0.2, 0) is 9.59 Å². The third-order valence-corrected chi connectivity index (χ3v) is 5.57. The van der Waals surface area contributed by atoms with Gasteiger partial charge in [0.15, 0.2) is 0 Å². The average molecular weight is 370 g/mol. The molecule has 0 spiro atoms. The molecule has 0 fully saturated rings. The van der Waals surface area contributed by atoms with Crippen LogP contribution in [-0.4, -0.2) is 28.3 Å². The maximum atomic E-state index is 12.3. The molecule has 1 aromatic heterocycles. The van der Waals surface area contributed by atoms with E-state index in [1.165, 1.54) is 0 Å². The number of aromatic nitrogens is 1. The molecule has 0 bridgehead atoms. The van der Waals surface area contributed by atoms with Crippen molar-refractivity contribution < 1.29 is 9.59 Å². The molecule has 2 heterocycles. The lowest BCUT2D eigenvalue weighted by atomic mass is 9.96. The van der Waals surface area contributed by atoms with Gasteiger partial charge in [-0.1, -0.05) is 13.8 Å². The van der Waals surface area contributed by atoms with Gasteiger partial charge >= 0.3 is 0 Å². The lowest BCUT2D eigenvalue weighted by molar-refractivity contribution is -0.120. The molecule has 2 amide bonds. The van der Waals surface area contributed by atoms with Gasteiger partial charge in [-0.3, -0.25) is 9.59 Å². The zero-order valence-corrected chi connectivity index (χ0v) is 16.2. The van der Waals surface area contributed by atoms with E-state index < -0.39 is 5.92 Å². The number of carbonyl (C=O) groups excluding carboxylic acids is 2. The van der Waals surface area contributed by atoms with Gasteiger partial charge in [-0.2, -0.15) is 4.99 Å². The predicted octanol–water partition coefficient (Wildman–Crippen LogP) is 4.17. The van der Waals surface area contributed by atoms with E-state index in [2.05, 4.69) is 34.1 Å². The lowest BCUT2D eigenvalue weighted by Gasteiger charge is -2.16. The quantitative estimate of drug-likeness (QED) is 0.857. The van der Waals surface area contributed by atoms with E-state index >= 15 is 0 Å². The Kier molecular flexibility index (Phi) is 5.27. The fourth-order valence-corrected chi connectivity index (χ4v) is 3.88. The van der Waals surface area contributed by atoms with Crippen LogP contribution < -0.4 is 5.32 Å². The van der Waals surface area contributed by atoms with Gasteiger partial charge in [0.1, 0.15) is 5.84 Å². The number of hydrogen-bond acceptors (Lipinski definition) is 5. The second-order valence-electron chi connectivity index (χ2n) is 6.78. The molecule has 1 aliphatic heterocycles. The summed E-state index contributed by atoms with van der Waals surface area (Å²) in [7, 11) is 0. The van der Waals surface area contributed by atoms with Crippen LogP contribution in [0.5, 0.6) is 0 Å². The van der Waals surface area contributed by atoms with Crippen LogP contribution in [0.25, 0.3) is 10.2 Å². The Morgan fingerprint density at radius 2 is 2.04 bits per heavy atom. The van der Waals surface area contributed by atoms with Gasteiger partial charge < -0.3 is 5.32 Å². The van der Waals surface area contributed by atoms with Crippen molar-refractivity contribution in [1.82, 2.24) is 4.98 Å². The number of benzene rings is 1. The highest BCUT2D eigenvalue weighted by Gasteiger charge is 2.25. The van der Waals surface area contributed by atoms with Crippen LogP contribution in [0.15, 0.2) is 28.2 Å². The summed E-state index contributed by atoms with van der Waals surface area (Å²) in [5, 5.41) is 3.99. The van der Waals surface area contributed by atoms with Crippen molar-refractivity contribution in [2.45, 2.75) is 46.5 Å². The number of fused-ring (bicyclic) bond motifs is 1. The molecule has 26 heavy (non-hydrogen) atoms. The molecule has 2 aromatic rings. The largest absolute Gasteiger partial charge is 0.326 e. The van der Waals surface area contributed by atoms with Crippen molar-refractivity contribution in [3.8, 4) is 0 Å². The van der Waals surface area contributed by atoms with Crippen molar-refractivity contribution in [2.24, 2.45) is 15.9 Å². The minimum Gasteiger partial charge on any atom is -0.326 e. The number of nitrogens with zero attached hydrogens (tertiary/aromatic N) is 3. The molecule has 0 saturated heterocycles. The number of carbonyl (C=O) groups is 2. The van der Waals surface area contributed by atoms with Crippen molar-refractivity contribution in [3.05, 3.63) is 23.2 Å². The first kappa shape index (κ1) is 18.4. The van der Waals surface area contributed by atoms with Gasteiger partial charge in [0.05, 0.1) is 21.1 Å². The molecular weight excluding hydrogens is 348 g/mol. The van der Waals surface area contributed by atoms with Gasteiger partial charge in [0, 0.05) is 23.7 Å². The van der Waals surface area contributed by atoms with Gasteiger partial charge in [-0.05, 0) is 38.5 Å². The smallest absolute Gasteiger partial charge is 0.256 e. The van der Waals surface area contributed by atoms with E-state index in [0.717, 1.165) is 26.6 Å². The van der Waals surface area contributed by atoms with E-state index in [1.807, 2.05) is 25.1 Å². The Bertz CT molecular complexity index is 927.